The van der Waals surface area contributed by atoms with Crippen molar-refractivity contribution in [2.75, 3.05) is 5.32 Å². The molecule has 9 heteroatoms. The molecule has 0 saturated heterocycles. The molecule has 0 atom stereocenters. The number of aryl methyl sites for hydroxylation is 2. The van der Waals surface area contributed by atoms with Crippen LogP contribution in [0.3, 0.4) is 0 Å². The van der Waals surface area contributed by atoms with E-state index in [-0.39, 0.29) is 11.4 Å². The molecule has 0 saturated carbocycles. The van der Waals surface area contributed by atoms with Crippen LogP contribution in [0.2, 0.25) is 0 Å². The predicted molar refractivity (Wildman–Crippen MR) is 90.3 cm³/mol. The highest BCUT2D eigenvalue weighted by atomic mass is 16.6. The standard InChI is InChI=1S/C16H16N6O3/c1-11-5-3-4-6-12(11)8-21-9-13(7-17-21)18-16(23)15-14(22(24)25)10-20(2)19-15/h3-7,9-10H,8H2,1-2H3,(H,18,23). The third-order valence-corrected chi connectivity index (χ3v) is 3.71. The molecule has 25 heavy (non-hydrogen) atoms. The van der Waals surface area contributed by atoms with E-state index in [0.29, 0.717) is 12.2 Å². The van der Waals surface area contributed by atoms with Crippen molar-refractivity contribution in [1.29, 1.82) is 0 Å². The second kappa shape index (κ2) is 6.56. The highest BCUT2D eigenvalue weighted by molar-refractivity contribution is 6.05. The second-order valence-corrected chi connectivity index (χ2v) is 5.60. The number of carbonyl (C=O) groups excluding carboxylic acids is 1. The fourth-order valence-corrected chi connectivity index (χ4v) is 2.44. The molecule has 0 aliphatic carbocycles. The maximum Gasteiger partial charge on any atom is 0.320 e. The number of rotatable bonds is 5. The first kappa shape index (κ1) is 16.4. The van der Waals surface area contributed by atoms with Crippen molar-refractivity contribution in [3.63, 3.8) is 0 Å². The Hall–Kier alpha value is -3.49. The van der Waals surface area contributed by atoms with Crippen molar-refractivity contribution in [3.8, 4) is 0 Å². The predicted octanol–water partition coefficient (Wildman–Crippen LogP) is 2.13. The molecular formula is C16H16N6O3. The van der Waals surface area contributed by atoms with Crippen molar-refractivity contribution in [1.82, 2.24) is 19.6 Å². The lowest BCUT2D eigenvalue weighted by Gasteiger charge is -2.05. The summed E-state index contributed by atoms with van der Waals surface area (Å²) in [6, 6.07) is 7.94. The highest BCUT2D eigenvalue weighted by Gasteiger charge is 2.25. The van der Waals surface area contributed by atoms with Crippen molar-refractivity contribution >= 4 is 17.3 Å². The van der Waals surface area contributed by atoms with Crippen molar-refractivity contribution in [2.24, 2.45) is 7.05 Å². The molecule has 1 N–H and O–H groups in total. The van der Waals surface area contributed by atoms with Crippen molar-refractivity contribution in [2.45, 2.75) is 13.5 Å². The maximum absolute atomic E-state index is 12.2. The smallest absolute Gasteiger partial charge is 0.318 e. The highest BCUT2D eigenvalue weighted by Crippen LogP contribution is 2.18. The summed E-state index contributed by atoms with van der Waals surface area (Å²) in [7, 11) is 1.52. The monoisotopic (exact) mass is 340 g/mol. The molecule has 0 spiro atoms. The minimum Gasteiger partial charge on any atom is -0.318 e. The van der Waals surface area contributed by atoms with E-state index in [1.54, 1.807) is 10.9 Å². The van der Waals surface area contributed by atoms with Crippen LogP contribution < -0.4 is 5.32 Å². The van der Waals surface area contributed by atoms with Crippen LogP contribution in [0, 0.1) is 17.0 Å². The van der Waals surface area contributed by atoms with Gasteiger partial charge in [0.2, 0.25) is 5.69 Å². The van der Waals surface area contributed by atoms with Gasteiger partial charge in [0.15, 0.2) is 0 Å². The summed E-state index contributed by atoms with van der Waals surface area (Å²) in [6.07, 6.45) is 4.35. The minimum absolute atomic E-state index is 0.237. The van der Waals surface area contributed by atoms with Crippen LogP contribution in [-0.4, -0.2) is 30.4 Å². The maximum atomic E-state index is 12.2. The summed E-state index contributed by atoms with van der Waals surface area (Å²) < 4.78 is 2.92. The molecule has 1 aromatic carbocycles. The minimum atomic E-state index is -0.650. The van der Waals surface area contributed by atoms with E-state index in [1.165, 1.54) is 24.1 Å². The van der Waals surface area contributed by atoms with Gasteiger partial charge in [0, 0.05) is 13.2 Å². The van der Waals surface area contributed by atoms with Gasteiger partial charge in [0.05, 0.1) is 23.4 Å². The Morgan fingerprint density at radius 3 is 2.80 bits per heavy atom. The number of amides is 1. The van der Waals surface area contributed by atoms with E-state index < -0.39 is 10.8 Å². The van der Waals surface area contributed by atoms with E-state index in [1.807, 2.05) is 31.2 Å². The van der Waals surface area contributed by atoms with Gasteiger partial charge in [-0.2, -0.15) is 10.2 Å². The number of nitrogens with zero attached hydrogens (tertiary/aromatic N) is 5. The first-order valence-corrected chi connectivity index (χ1v) is 7.50. The fraction of sp³-hybridized carbons (Fsp3) is 0.188. The fourth-order valence-electron chi connectivity index (χ4n) is 2.44. The molecule has 3 rings (SSSR count). The number of hydrogen-bond donors (Lipinski definition) is 1. The summed E-state index contributed by atoms with van der Waals surface area (Å²) in [5.41, 5.74) is 2.13. The summed E-state index contributed by atoms with van der Waals surface area (Å²) >= 11 is 0. The Kier molecular flexibility index (Phi) is 4.29. The quantitative estimate of drug-likeness (QED) is 0.565. The van der Waals surface area contributed by atoms with Gasteiger partial charge in [0.1, 0.15) is 6.20 Å². The zero-order chi connectivity index (χ0) is 18.0. The Morgan fingerprint density at radius 2 is 2.08 bits per heavy atom. The molecule has 3 aromatic rings. The number of benzene rings is 1. The second-order valence-electron chi connectivity index (χ2n) is 5.60. The lowest BCUT2D eigenvalue weighted by Crippen LogP contribution is -2.14. The van der Waals surface area contributed by atoms with Gasteiger partial charge >= 0.3 is 5.69 Å². The first-order valence-electron chi connectivity index (χ1n) is 7.50. The molecule has 2 aromatic heterocycles. The number of nitro groups is 1. The molecule has 0 bridgehead atoms. The van der Waals surface area contributed by atoms with Crippen LogP contribution in [0.15, 0.2) is 42.9 Å². The van der Waals surface area contributed by atoms with Crippen LogP contribution in [0.5, 0.6) is 0 Å². The Balaban J connectivity index is 1.74. The van der Waals surface area contributed by atoms with Crippen LogP contribution in [-0.2, 0) is 13.6 Å². The van der Waals surface area contributed by atoms with Crippen LogP contribution in [0.1, 0.15) is 21.6 Å². The molecule has 9 nitrogen and oxygen atoms in total. The number of anilines is 1. The molecule has 0 aliphatic heterocycles. The zero-order valence-corrected chi connectivity index (χ0v) is 13.7. The van der Waals surface area contributed by atoms with Crippen molar-refractivity contribution < 1.29 is 9.72 Å². The molecule has 0 unspecified atom stereocenters. The molecule has 1 amide bonds. The number of hydrogen-bond acceptors (Lipinski definition) is 5. The van der Waals surface area contributed by atoms with Gasteiger partial charge < -0.3 is 5.32 Å². The molecular weight excluding hydrogens is 324 g/mol. The first-order chi connectivity index (χ1) is 11.9. The van der Waals surface area contributed by atoms with Gasteiger partial charge in [-0.15, -0.1) is 0 Å². The van der Waals surface area contributed by atoms with Gasteiger partial charge in [0.25, 0.3) is 5.91 Å². The molecule has 128 valence electrons. The molecule has 0 radical (unpaired) electrons. The van der Waals surface area contributed by atoms with Crippen LogP contribution in [0.25, 0.3) is 0 Å². The van der Waals surface area contributed by atoms with E-state index >= 15 is 0 Å². The van der Waals surface area contributed by atoms with E-state index in [0.717, 1.165) is 11.1 Å². The van der Waals surface area contributed by atoms with E-state index in [4.69, 9.17) is 0 Å². The molecule has 0 aliphatic rings. The largest absolute Gasteiger partial charge is 0.320 e. The van der Waals surface area contributed by atoms with Crippen LogP contribution in [0.4, 0.5) is 11.4 Å². The average Bonchev–Trinajstić information content (AvgIpc) is 3.16. The number of aromatic nitrogens is 4. The zero-order valence-electron chi connectivity index (χ0n) is 13.7. The van der Waals surface area contributed by atoms with E-state index in [9.17, 15) is 14.9 Å². The third kappa shape index (κ3) is 3.55. The lowest BCUT2D eigenvalue weighted by molar-refractivity contribution is -0.385. The Bertz CT molecular complexity index is 943. The van der Waals surface area contributed by atoms with Crippen LogP contribution >= 0.6 is 0 Å². The van der Waals surface area contributed by atoms with E-state index in [2.05, 4.69) is 15.5 Å². The summed E-state index contributed by atoms with van der Waals surface area (Å²) in [4.78, 5) is 22.6. The lowest BCUT2D eigenvalue weighted by atomic mass is 10.1. The Labute approximate surface area is 143 Å². The Morgan fingerprint density at radius 1 is 1.32 bits per heavy atom. The summed E-state index contributed by atoms with van der Waals surface area (Å²) in [5, 5.41) is 21.6. The number of nitrogens with one attached hydrogen (secondary N) is 1. The third-order valence-electron chi connectivity index (χ3n) is 3.71. The van der Waals surface area contributed by atoms with Gasteiger partial charge in [-0.25, -0.2) is 0 Å². The number of carbonyl (C=O) groups is 1. The van der Waals surface area contributed by atoms with Crippen molar-refractivity contribution in [3.05, 3.63) is 69.8 Å². The van der Waals surface area contributed by atoms with Gasteiger partial charge in [-0.05, 0) is 18.1 Å². The molecule has 2 heterocycles. The normalized spacial score (nSPS) is 10.6. The topological polar surface area (TPSA) is 108 Å². The summed E-state index contributed by atoms with van der Waals surface area (Å²) in [5.74, 6) is -0.650. The summed E-state index contributed by atoms with van der Waals surface area (Å²) in [6.45, 7) is 2.58. The average molecular weight is 340 g/mol. The van der Waals surface area contributed by atoms with Gasteiger partial charge in [-0.1, -0.05) is 24.3 Å². The van der Waals surface area contributed by atoms with Gasteiger partial charge in [-0.3, -0.25) is 24.3 Å². The SMILES string of the molecule is Cc1ccccc1Cn1cc(NC(=O)c2nn(C)cc2[N+](=O)[O-])cn1. The molecule has 0 fully saturated rings.